The molecule has 18 heavy (non-hydrogen) atoms. The highest BCUT2D eigenvalue weighted by molar-refractivity contribution is 5.82. The van der Waals surface area contributed by atoms with Crippen molar-refractivity contribution in [1.29, 1.82) is 0 Å². The minimum atomic E-state index is -2.39. The van der Waals surface area contributed by atoms with E-state index in [1.807, 2.05) is 24.4 Å². The van der Waals surface area contributed by atoms with Gasteiger partial charge in [0.1, 0.15) is 6.61 Å². The van der Waals surface area contributed by atoms with Crippen molar-refractivity contribution < 1.29 is 13.5 Å². The molecule has 2 N–H and O–H groups in total. The van der Waals surface area contributed by atoms with Gasteiger partial charge in [0.15, 0.2) is 0 Å². The van der Waals surface area contributed by atoms with Gasteiger partial charge in [0.2, 0.25) is 0 Å². The van der Waals surface area contributed by atoms with Crippen molar-refractivity contribution >= 4 is 10.9 Å². The van der Waals surface area contributed by atoms with E-state index in [0.717, 1.165) is 5.52 Å². The van der Waals surface area contributed by atoms with Crippen molar-refractivity contribution in [2.45, 2.75) is 13.0 Å². The lowest BCUT2D eigenvalue weighted by molar-refractivity contribution is 0.0187. The molecule has 0 unspecified atom stereocenters. The van der Waals surface area contributed by atoms with Crippen molar-refractivity contribution in [2.75, 3.05) is 19.8 Å². The second kappa shape index (κ2) is 6.47. The molecule has 0 amide bonds. The highest BCUT2D eigenvalue weighted by atomic mass is 19.3. The van der Waals surface area contributed by atoms with Crippen LogP contribution in [0, 0.1) is 0 Å². The zero-order valence-electron chi connectivity index (χ0n) is 9.96. The third-order valence-electron chi connectivity index (χ3n) is 2.66. The number of ether oxygens (including phenoxy) is 1. The number of aromatic amines is 1. The summed E-state index contributed by atoms with van der Waals surface area (Å²) >= 11 is 0. The summed E-state index contributed by atoms with van der Waals surface area (Å²) in [4.78, 5) is 3.18. The predicted molar refractivity (Wildman–Crippen MR) is 66.8 cm³/mol. The number of nitrogens with one attached hydrogen (secondary N) is 2. The number of fused-ring (bicyclic) bond motifs is 1. The van der Waals surface area contributed by atoms with E-state index < -0.39 is 13.0 Å². The summed E-state index contributed by atoms with van der Waals surface area (Å²) in [5.74, 6) is 0. The van der Waals surface area contributed by atoms with Crippen molar-refractivity contribution in [3.63, 3.8) is 0 Å². The molecule has 0 radical (unpaired) electrons. The molecule has 3 nitrogen and oxygen atoms in total. The third-order valence-corrected chi connectivity index (χ3v) is 2.66. The minimum absolute atomic E-state index is 0.298. The Labute approximate surface area is 104 Å². The van der Waals surface area contributed by atoms with Gasteiger partial charge < -0.3 is 15.0 Å². The molecular formula is C13H16F2N2O. The molecule has 0 aliphatic rings. The summed E-state index contributed by atoms with van der Waals surface area (Å²) < 4.78 is 28.4. The van der Waals surface area contributed by atoms with E-state index in [1.54, 1.807) is 0 Å². The molecule has 0 saturated carbocycles. The van der Waals surface area contributed by atoms with Crippen LogP contribution in [-0.4, -0.2) is 31.2 Å². The zero-order chi connectivity index (χ0) is 12.8. The fourth-order valence-corrected chi connectivity index (χ4v) is 1.82. The van der Waals surface area contributed by atoms with Gasteiger partial charge in [0, 0.05) is 30.2 Å². The summed E-state index contributed by atoms with van der Waals surface area (Å²) in [6.45, 7) is 1.07. The van der Waals surface area contributed by atoms with Crippen molar-refractivity contribution in [3.05, 3.63) is 36.0 Å². The van der Waals surface area contributed by atoms with Crippen LogP contribution in [0.3, 0.4) is 0 Å². The van der Waals surface area contributed by atoms with Gasteiger partial charge in [-0.05, 0) is 11.6 Å². The number of alkyl halides is 2. The molecule has 0 spiro atoms. The molecule has 1 heterocycles. The number of rotatable bonds is 7. The van der Waals surface area contributed by atoms with E-state index in [2.05, 4.69) is 16.4 Å². The van der Waals surface area contributed by atoms with Crippen LogP contribution in [-0.2, 0) is 11.3 Å². The first-order valence-electron chi connectivity index (χ1n) is 5.89. The molecule has 1 aromatic carbocycles. The first-order chi connectivity index (χ1) is 8.77. The van der Waals surface area contributed by atoms with Crippen LogP contribution < -0.4 is 5.32 Å². The number of halogens is 2. The Morgan fingerprint density at radius 1 is 1.28 bits per heavy atom. The van der Waals surface area contributed by atoms with E-state index in [4.69, 9.17) is 4.74 Å². The largest absolute Gasteiger partial charge is 0.374 e. The fraction of sp³-hybridized carbons (Fsp3) is 0.385. The number of benzene rings is 1. The predicted octanol–water partition coefficient (Wildman–Crippen LogP) is 2.54. The van der Waals surface area contributed by atoms with Crippen LogP contribution in [0.2, 0.25) is 0 Å². The van der Waals surface area contributed by atoms with Gasteiger partial charge in [-0.3, -0.25) is 0 Å². The second-order valence-corrected chi connectivity index (χ2v) is 4.00. The van der Waals surface area contributed by atoms with Gasteiger partial charge in [-0.25, -0.2) is 8.78 Å². The van der Waals surface area contributed by atoms with Crippen molar-refractivity contribution in [1.82, 2.24) is 10.3 Å². The SMILES string of the molecule is FC(F)COCCNCc1c[nH]c2ccccc12. The lowest BCUT2D eigenvalue weighted by Gasteiger charge is -2.05. The maximum absolute atomic E-state index is 11.8. The standard InChI is InChI=1S/C13H16F2N2O/c14-13(15)9-18-6-5-16-7-10-8-17-12-4-2-1-3-11(10)12/h1-4,8,13,16-17H,5-7,9H2. The van der Waals surface area contributed by atoms with Gasteiger partial charge in [0.05, 0.1) is 6.61 Å². The van der Waals surface area contributed by atoms with Crippen LogP contribution in [0.4, 0.5) is 8.78 Å². The Bertz CT molecular complexity index is 485. The molecule has 0 aliphatic heterocycles. The molecule has 5 heteroatoms. The Balaban J connectivity index is 1.74. The third kappa shape index (κ3) is 3.51. The van der Waals surface area contributed by atoms with Crippen LogP contribution in [0.1, 0.15) is 5.56 Å². The molecule has 0 aliphatic carbocycles. The number of H-pyrrole nitrogens is 1. The molecule has 1 aromatic heterocycles. The molecular weight excluding hydrogens is 238 g/mol. The smallest absolute Gasteiger partial charge is 0.261 e. The number of aromatic nitrogens is 1. The maximum Gasteiger partial charge on any atom is 0.261 e. The average Bonchev–Trinajstić information content (AvgIpc) is 2.77. The maximum atomic E-state index is 11.8. The summed E-state index contributed by atoms with van der Waals surface area (Å²) in [5.41, 5.74) is 2.27. The van der Waals surface area contributed by atoms with E-state index in [-0.39, 0.29) is 0 Å². The molecule has 0 atom stereocenters. The monoisotopic (exact) mass is 254 g/mol. The van der Waals surface area contributed by atoms with E-state index >= 15 is 0 Å². The molecule has 2 rings (SSSR count). The molecule has 0 bridgehead atoms. The zero-order valence-corrected chi connectivity index (χ0v) is 9.96. The Morgan fingerprint density at radius 3 is 2.94 bits per heavy atom. The van der Waals surface area contributed by atoms with Gasteiger partial charge in [0.25, 0.3) is 6.43 Å². The quantitative estimate of drug-likeness (QED) is 0.745. The van der Waals surface area contributed by atoms with Crippen molar-refractivity contribution in [2.24, 2.45) is 0 Å². The van der Waals surface area contributed by atoms with Crippen LogP contribution >= 0.6 is 0 Å². The Morgan fingerprint density at radius 2 is 2.11 bits per heavy atom. The summed E-state index contributed by atoms with van der Waals surface area (Å²) in [5, 5.41) is 4.34. The Hall–Kier alpha value is -1.46. The summed E-state index contributed by atoms with van der Waals surface area (Å²) in [7, 11) is 0. The molecule has 98 valence electrons. The molecule has 0 saturated heterocycles. The molecule has 2 aromatic rings. The topological polar surface area (TPSA) is 37.0 Å². The fourth-order valence-electron chi connectivity index (χ4n) is 1.82. The van der Waals surface area contributed by atoms with E-state index in [0.29, 0.717) is 19.7 Å². The van der Waals surface area contributed by atoms with E-state index in [1.165, 1.54) is 10.9 Å². The normalized spacial score (nSPS) is 11.5. The number of hydrogen-bond donors (Lipinski definition) is 2. The Kier molecular flexibility index (Phi) is 4.66. The van der Waals surface area contributed by atoms with Crippen LogP contribution in [0.25, 0.3) is 10.9 Å². The van der Waals surface area contributed by atoms with Gasteiger partial charge in [-0.15, -0.1) is 0 Å². The lowest BCUT2D eigenvalue weighted by atomic mass is 10.2. The van der Waals surface area contributed by atoms with Crippen molar-refractivity contribution in [3.8, 4) is 0 Å². The highest BCUT2D eigenvalue weighted by Gasteiger charge is 2.03. The van der Waals surface area contributed by atoms with Gasteiger partial charge in [-0.2, -0.15) is 0 Å². The first-order valence-corrected chi connectivity index (χ1v) is 5.89. The molecule has 0 fully saturated rings. The van der Waals surface area contributed by atoms with Gasteiger partial charge >= 0.3 is 0 Å². The summed E-state index contributed by atoms with van der Waals surface area (Å²) in [6, 6.07) is 8.04. The summed E-state index contributed by atoms with van der Waals surface area (Å²) in [6.07, 6.45) is -0.434. The van der Waals surface area contributed by atoms with Crippen LogP contribution in [0.15, 0.2) is 30.5 Å². The minimum Gasteiger partial charge on any atom is -0.374 e. The number of hydrogen-bond acceptors (Lipinski definition) is 2. The average molecular weight is 254 g/mol. The highest BCUT2D eigenvalue weighted by Crippen LogP contribution is 2.16. The van der Waals surface area contributed by atoms with Crippen LogP contribution in [0.5, 0.6) is 0 Å². The first kappa shape index (κ1) is 13.0. The van der Waals surface area contributed by atoms with E-state index in [9.17, 15) is 8.78 Å². The number of para-hydroxylation sites is 1. The van der Waals surface area contributed by atoms with Gasteiger partial charge in [-0.1, -0.05) is 18.2 Å². The second-order valence-electron chi connectivity index (χ2n) is 4.00. The lowest BCUT2D eigenvalue weighted by Crippen LogP contribution is -2.20.